The van der Waals surface area contributed by atoms with Crippen molar-refractivity contribution in [1.29, 1.82) is 0 Å². The number of esters is 1. The molecule has 0 fully saturated rings. The molecule has 0 aliphatic rings. The van der Waals surface area contributed by atoms with Gasteiger partial charge < -0.3 is 10.1 Å². The highest BCUT2D eigenvalue weighted by Gasteiger charge is 2.09. The maximum absolute atomic E-state index is 12.0. The van der Waals surface area contributed by atoms with Crippen LogP contribution in [0, 0.1) is 0 Å². The summed E-state index contributed by atoms with van der Waals surface area (Å²) in [4.78, 5) is 31.8. The number of methoxy groups -OCH3 is 1. The van der Waals surface area contributed by atoms with Gasteiger partial charge in [0.25, 0.3) is 0 Å². The van der Waals surface area contributed by atoms with Crippen LogP contribution in [0.25, 0.3) is 10.2 Å². The number of carbonyl (C=O) groups is 2. The second kappa shape index (κ2) is 8.09. The Morgan fingerprint density at radius 3 is 2.76 bits per heavy atom. The van der Waals surface area contributed by atoms with Gasteiger partial charge in [0.2, 0.25) is 5.91 Å². The van der Waals surface area contributed by atoms with Crippen molar-refractivity contribution in [3.05, 3.63) is 53.2 Å². The number of hydrogen-bond donors (Lipinski definition) is 1. The number of carbonyl (C=O) groups excluding carboxylic acids is 2. The summed E-state index contributed by atoms with van der Waals surface area (Å²) < 4.78 is 5.65. The van der Waals surface area contributed by atoms with E-state index in [4.69, 9.17) is 0 Å². The molecule has 6 nitrogen and oxygen atoms in total. The topological polar surface area (TPSA) is 81.2 Å². The predicted octanol–water partition coefficient (Wildman–Crippen LogP) is 2.89. The number of ether oxygens (including phenoxy) is 1. The third-order valence-electron chi connectivity index (χ3n) is 3.42. The number of fused-ring (bicyclic) bond motifs is 1. The molecule has 3 rings (SSSR count). The van der Waals surface area contributed by atoms with Gasteiger partial charge in [0, 0.05) is 6.54 Å². The first-order chi connectivity index (χ1) is 12.2. The van der Waals surface area contributed by atoms with Gasteiger partial charge in [-0.2, -0.15) is 0 Å². The van der Waals surface area contributed by atoms with E-state index in [1.54, 1.807) is 35.6 Å². The van der Waals surface area contributed by atoms with Crippen LogP contribution in [-0.2, 0) is 16.1 Å². The summed E-state index contributed by atoms with van der Waals surface area (Å²) in [6, 6.07) is 8.87. The average molecular weight is 373 g/mol. The molecule has 0 radical (unpaired) electrons. The number of hydrogen-bond acceptors (Lipinski definition) is 7. The van der Waals surface area contributed by atoms with Crippen molar-refractivity contribution in [2.75, 3.05) is 12.9 Å². The standard InChI is InChI=1S/C17H15N3O3S2/c1-23-17(22)12-4-2-11(3-5-12)8-18-14(21)9-25-16-15-13(6-7-24-15)19-10-20-16/h2-7,10H,8-9H2,1H3,(H,18,21). The summed E-state index contributed by atoms with van der Waals surface area (Å²) >= 11 is 2.96. The Kier molecular flexibility index (Phi) is 5.62. The van der Waals surface area contributed by atoms with Crippen molar-refractivity contribution < 1.29 is 14.3 Å². The molecule has 1 amide bonds. The minimum atomic E-state index is -0.378. The van der Waals surface area contributed by atoms with E-state index in [0.29, 0.717) is 12.1 Å². The van der Waals surface area contributed by atoms with Crippen molar-refractivity contribution in [3.8, 4) is 0 Å². The van der Waals surface area contributed by atoms with Crippen LogP contribution in [-0.4, -0.2) is 34.7 Å². The second-order valence-corrected chi connectivity index (χ2v) is 6.95. The van der Waals surface area contributed by atoms with Gasteiger partial charge in [-0.3, -0.25) is 4.79 Å². The fourth-order valence-electron chi connectivity index (χ4n) is 2.13. The van der Waals surface area contributed by atoms with E-state index in [1.807, 2.05) is 11.4 Å². The van der Waals surface area contributed by atoms with Crippen LogP contribution in [0.4, 0.5) is 0 Å². The van der Waals surface area contributed by atoms with E-state index in [2.05, 4.69) is 20.0 Å². The number of nitrogens with one attached hydrogen (secondary N) is 1. The molecule has 0 unspecified atom stereocenters. The Morgan fingerprint density at radius 2 is 2.00 bits per heavy atom. The van der Waals surface area contributed by atoms with Crippen LogP contribution in [0.5, 0.6) is 0 Å². The number of thioether (sulfide) groups is 1. The third-order valence-corrected chi connectivity index (χ3v) is 5.44. The molecule has 0 atom stereocenters. The Bertz CT molecular complexity index is 894. The Labute approximate surface area is 152 Å². The van der Waals surface area contributed by atoms with Gasteiger partial charge in [0.05, 0.1) is 28.6 Å². The molecule has 128 valence electrons. The van der Waals surface area contributed by atoms with Crippen LogP contribution in [0.15, 0.2) is 47.1 Å². The summed E-state index contributed by atoms with van der Waals surface area (Å²) in [7, 11) is 1.34. The van der Waals surface area contributed by atoms with Gasteiger partial charge in [0.15, 0.2) is 0 Å². The SMILES string of the molecule is COC(=O)c1ccc(CNC(=O)CSc2ncnc3ccsc23)cc1. The fourth-order valence-corrected chi connectivity index (χ4v) is 3.91. The molecule has 3 aromatic rings. The minimum absolute atomic E-state index is 0.0784. The monoisotopic (exact) mass is 373 g/mol. The summed E-state index contributed by atoms with van der Waals surface area (Å²) in [6.45, 7) is 0.402. The number of aromatic nitrogens is 2. The molecule has 0 saturated heterocycles. The highest BCUT2D eigenvalue weighted by Crippen LogP contribution is 2.28. The van der Waals surface area contributed by atoms with E-state index >= 15 is 0 Å². The van der Waals surface area contributed by atoms with Gasteiger partial charge >= 0.3 is 5.97 Å². The van der Waals surface area contributed by atoms with E-state index < -0.39 is 0 Å². The second-order valence-electron chi connectivity index (χ2n) is 5.07. The Balaban J connectivity index is 1.51. The number of thiophene rings is 1. The average Bonchev–Trinajstić information content (AvgIpc) is 3.13. The van der Waals surface area contributed by atoms with Gasteiger partial charge in [-0.15, -0.1) is 11.3 Å². The van der Waals surface area contributed by atoms with Gasteiger partial charge in [-0.1, -0.05) is 23.9 Å². The maximum Gasteiger partial charge on any atom is 0.337 e. The van der Waals surface area contributed by atoms with Crippen molar-refractivity contribution in [2.24, 2.45) is 0 Å². The van der Waals surface area contributed by atoms with E-state index in [1.165, 1.54) is 25.2 Å². The zero-order chi connectivity index (χ0) is 17.6. The van der Waals surface area contributed by atoms with Crippen molar-refractivity contribution in [2.45, 2.75) is 11.6 Å². The first-order valence-corrected chi connectivity index (χ1v) is 9.29. The number of rotatable bonds is 6. The van der Waals surface area contributed by atoms with E-state index in [9.17, 15) is 9.59 Å². The first-order valence-electron chi connectivity index (χ1n) is 7.42. The summed E-state index contributed by atoms with van der Waals surface area (Å²) in [5, 5.41) is 5.63. The Morgan fingerprint density at radius 1 is 1.20 bits per heavy atom. The van der Waals surface area contributed by atoms with Crippen molar-refractivity contribution in [3.63, 3.8) is 0 Å². The molecular weight excluding hydrogens is 358 g/mol. The van der Waals surface area contributed by atoms with E-state index in [-0.39, 0.29) is 17.6 Å². The number of benzene rings is 1. The lowest BCUT2D eigenvalue weighted by molar-refractivity contribution is -0.118. The van der Waals surface area contributed by atoms with Gasteiger partial charge in [-0.25, -0.2) is 14.8 Å². The summed E-state index contributed by atoms with van der Waals surface area (Å²) in [6.07, 6.45) is 1.51. The zero-order valence-corrected chi connectivity index (χ0v) is 15.0. The van der Waals surface area contributed by atoms with Gasteiger partial charge in [0.1, 0.15) is 11.4 Å². The molecule has 1 N–H and O–H groups in total. The largest absolute Gasteiger partial charge is 0.465 e. The normalized spacial score (nSPS) is 10.6. The Hall–Kier alpha value is -2.45. The molecule has 0 saturated carbocycles. The third kappa shape index (κ3) is 4.34. The molecule has 25 heavy (non-hydrogen) atoms. The molecule has 2 heterocycles. The number of nitrogens with zero attached hydrogens (tertiary/aromatic N) is 2. The molecule has 0 aliphatic carbocycles. The molecule has 0 spiro atoms. The minimum Gasteiger partial charge on any atom is -0.465 e. The maximum atomic E-state index is 12.0. The van der Waals surface area contributed by atoms with Crippen LogP contribution < -0.4 is 5.32 Å². The van der Waals surface area contributed by atoms with Crippen LogP contribution in [0.3, 0.4) is 0 Å². The lowest BCUT2D eigenvalue weighted by Gasteiger charge is -2.06. The lowest BCUT2D eigenvalue weighted by Crippen LogP contribution is -2.24. The molecule has 2 aromatic heterocycles. The summed E-state index contributed by atoms with van der Waals surface area (Å²) in [5.41, 5.74) is 2.29. The van der Waals surface area contributed by atoms with Crippen LogP contribution in [0.2, 0.25) is 0 Å². The molecule has 0 bridgehead atoms. The lowest BCUT2D eigenvalue weighted by atomic mass is 10.1. The molecule has 8 heteroatoms. The predicted molar refractivity (Wildman–Crippen MR) is 97.8 cm³/mol. The highest BCUT2D eigenvalue weighted by atomic mass is 32.2. The van der Waals surface area contributed by atoms with Crippen LogP contribution >= 0.6 is 23.1 Å². The van der Waals surface area contributed by atoms with E-state index in [0.717, 1.165) is 20.8 Å². The molecular formula is C17H15N3O3S2. The zero-order valence-electron chi connectivity index (χ0n) is 13.4. The highest BCUT2D eigenvalue weighted by molar-refractivity contribution is 8.00. The first kappa shape index (κ1) is 17.4. The smallest absolute Gasteiger partial charge is 0.337 e. The van der Waals surface area contributed by atoms with Crippen molar-refractivity contribution >= 4 is 45.2 Å². The fraction of sp³-hybridized carbons (Fsp3) is 0.176. The molecule has 1 aromatic carbocycles. The summed E-state index contributed by atoms with van der Waals surface area (Å²) in [5.74, 6) is -0.174. The van der Waals surface area contributed by atoms with Crippen LogP contribution in [0.1, 0.15) is 15.9 Å². The molecule has 0 aliphatic heterocycles. The van der Waals surface area contributed by atoms with Gasteiger partial charge in [-0.05, 0) is 29.1 Å². The van der Waals surface area contributed by atoms with Crippen molar-refractivity contribution in [1.82, 2.24) is 15.3 Å². The number of amides is 1. The quantitative estimate of drug-likeness (QED) is 0.406.